The Balaban J connectivity index is 3.64. The molecule has 6 nitrogen and oxygen atoms in total. The molecular formula is C9H13NO5. The van der Waals surface area contributed by atoms with E-state index in [1.807, 2.05) is 0 Å². The average molecular weight is 215 g/mol. The van der Waals surface area contributed by atoms with E-state index in [1.54, 1.807) is 6.92 Å². The van der Waals surface area contributed by atoms with E-state index in [4.69, 9.17) is 5.11 Å². The first-order valence-corrected chi connectivity index (χ1v) is 4.40. The first-order valence-electron chi connectivity index (χ1n) is 4.40. The maximum Gasteiger partial charge on any atom is 0.328 e. The maximum atomic E-state index is 10.9. The Bertz CT molecular complexity index is 272. The second-order valence-electron chi connectivity index (χ2n) is 2.52. The largest absolute Gasteiger partial charge is 0.478 e. The number of rotatable bonds is 6. The average Bonchev–Trinajstić information content (AvgIpc) is 2.15. The van der Waals surface area contributed by atoms with Crippen LogP contribution >= 0.6 is 0 Å². The van der Waals surface area contributed by atoms with E-state index >= 15 is 0 Å². The lowest BCUT2D eigenvalue weighted by Gasteiger charge is -2.01. The minimum atomic E-state index is -1.20. The van der Waals surface area contributed by atoms with Gasteiger partial charge in [0.05, 0.1) is 13.0 Å². The fourth-order valence-electron chi connectivity index (χ4n) is 0.727. The number of nitrogens with one attached hydrogen (secondary N) is 1. The molecule has 0 fully saturated rings. The molecule has 2 N–H and O–H groups in total. The summed E-state index contributed by atoms with van der Waals surface area (Å²) in [4.78, 5) is 31.7. The molecule has 0 aliphatic rings. The van der Waals surface area contributed by atoms with Crippen molar-refractivity contribution in [3.05, 3.63) is 12.2 Å². The van der Waals surface area contributed by atoms with Gasteiger partial charge in [-0.3, -0.25) is 9.59 Å². The summed E-state index contributed by atoms with van der Waals surface area (Å²) in [5, 5.41) is 10.5. The van der Waals surface area contributed by atoms with Crippen LogP contribution in [0, 0.1) is 0 Å². The van der Waals surface area contributed by atoms with Gasteiger partial charge in [-0.1, -0.05) is 0 Å². The Kier molecular flexibility index (Phi) is 6.61. The number of carboxylic acid groups (broad SMARTS) is 1. The first kappa shape index (κ1) is 13.2. The maximum absolute atomic E-state index is 10.9. The zero-order valence-corrected chi connectivity index (χ0v) is 8.36. The van der Waals surface area contributed by atoms with Gasteiger partial charge >= 0.3 is 11.9 Å². The predicted molar refractivity (Wildman–Crippen MR) is 51.0 cm³/mol. The fourth-order valence-corrected chi connectivity index (χ4v) is 0.727. The van der Waals surface area contributed by atoms with Gasteiger partial charge in [-0.05, 0) is 6.92 Å². The number of carboxylic acids is 1. The van der Waals surface area contributed by atoms with Crippen LogP contribution in [0.1, 0.15) is 13.3 Å². The zero-order valence-electron chi connectivity index (χ0n) is 8.36. The van der Waals surface area contributed by atoms with E-state index in [-0.39, 0.29) is 13.0 Å². The molecule has 0 heterocycles. The monoisotopic (exact) mass is 215 g/mol. The number of carbonyl (C=O) groups excluding carboxylic acids is 2. The molecular weight excluding hydrogens is 202 g/mol. The molecule has 0 saturated carbocycles. The van der Waals surface area contributed by atoms with E-state index in [9.17, 15) is 14.4 Å². The lowest BCUT2D eigenvalue weighted by molar-refractivity contribution is -0.143. The molecule has 0 spiro atoms. The summed E-state index contributed by atoms with van der Waals surface area (Å²) in [6.07, 6.45) is 1.67. The van der Waals surface area contributed by atoms with Gasteiger partial charge in [-0.15, -0.1) is 0 Å². The van der Waals surface area contributed by atoms with Crippen LogP contribution in [0.3, 0.4) is 0 Å². The molecule has 0 radical (unpaired) electrons. The lowest BCUT2D eigenvalue weighted by atomic mass is 10.4. The normalized spacial score (nSPS) is 9.93. The summed E-state index contributed by atoms with van der Waals surface area (Å²) >= 11 is 0. The number of esters is 1. The third-order valence-corrected chi connectivity index (χ3v) is 1.31. The molecule has 0 aromatic rings. The van der Waals surface area contributed by atoms with E-state index in [0.29, 0.717) is 6.61 Å². The standard InChI is InChI=1S/C9H13NO5/c1-2-15-9(14)5-6-10-7(11)3-4-8(12)13/h3-4H,2,5-6H2,1H3,(H,10,11)(H,12,13). The van der Waals surface area contributed by atoms with Crippen molar-refractivity contribution in [2.75, 3.05) is 13.2 Å². The van der Waals surface area contributed by atoms with Crippen LogP contribution in [0.5, 0.6) is 0 Å². The van der Waals surface area contributed by atoms with Crippen molar-refractivity contribution in [3.8, 4) is 0 Å². The highest BCUT2D eigenvalue weighted by molar-refractivity contribution is 5.93. The molecule has 0 saturated heterocycles. The van der Waals surface area contributed by atoms with Crippen LogP contribution in [0.2, 0.25) is 0 Å². The highest BCUT2D eigenvalue weighted by Gasteiger charge is 2.02. The summed E-state index contributed by atoms with van der Waals surface area (Å²) in [5.74, 6) is -2.16. The molecule has 0 unspecified atom stereocenters. The second kappa shape index (κ2) is 7.54. The summed E-state index contributed by atoms with van der Waals surface area (Å²) in [5.41, 5.74) is 0. The van der Waals surface area contributed by atoms with Crippen LogP contribution in [0.25, 0.3) is 0 Å². The first-order chi connectivity index (χ1) is 7.06. The van der Waals surface area contributed by atoms with Crippen molar-refractivity contribution in [2.45, 2.75) is 13.3 Å². The molecule has 0 rings (SSSR count). The van der Waals surface area contributed by atoms with Gasteiger partial charge in [-0.2, -0.15) is 0 Å². The Morgan fingerprint density at radius 3 is 2.53 bits per heavy atom. The molecule has 0 atom stereocenters. The van der Waals surface area contributed by atoms with Crippen LogP contribution < -0.4 is 5.32 Å². The van der Waals surface area contributed by atoms with E-state index in [0.717, 1.165) is 12.2 Å². The van der Waals surface area contributed by atoms with Gasteiger partial charge in [0.2, 0.25) is 5.91 Å². The number of carbonyl (C=O) groups is 3. The number of hydrogen-bond acceptors (Lipinski definition) is 4. The SMILES string of the molecule is CCOC(=O)CCNC(=O)C=CC(=O)O. The number of hydrogen-bond donors (Lipinski definition) is 2. The fraction of sp³-hybridized carbons (Fsp3) is 0.444. The topological polar surface area (TPSA) is 92.7 Å². The Labute approximate surface area is 86.9 Å². The van der Waals surface area contributed by atoms with E-state index in [1.165, 1.54) is 0 Å². The summed E-state index contributed by atoms with van der Waals surface area (Å²) < 4.78 is 4.62. The quantitative estimate of drug-likeness (QED) is 0.468. The summed E-state index contributed by atoms with van der Waals surface area (Å²) in [6.45, 7) is 2.11. The highest BCUT2D eigenvalue weighted by Crippen LogP contribution is 1.84. The molecule has 0 aliphatic carbocycles. The number of aliphatic carboxylic acids is 1. The van der Waals surface area contributed by atoms with Gasteiger partial charge in [0.25, 0.3) is 0 Å². The minimum absolute atomic E-state index is 0.0699. The van der Waals surface area contributed by atoms with Gasteiger partial charge in [0.1, 0.15) is 0 Å². The molecule has 0 aliphatic heterocycles. The molecule has 1 amide bonds. The van der Waals surface area contributed by atoms with Gasteiger partial charge in [0, 0.05) is 18.7 Å². The van der Waals surface area contributed by atoms with Crippen molar-refractivity contribution < 1.29 is 24.2 Å². The van der Waals surface area contributed by atoms with E-state index < -0.39 is 17.8 Å². The van der Waals surface area contributed by atoms with Crippen molar-refractivity contribution in [1.82, 2.24) is 5.32 Å². The number of amides is 1. The highest BCUT2D eigenvalue weighted by atomic mass is 16.5. The molecule has 6 heteroatoms. The predicted octanol–water partition coefficient (Wildman–Crippen LogP) is -0.303. The van der Waals surface area contributed by atoms with Crippen molar-refractivity contribution in [2.24, 2.45) is 0 Å². The Morgan fingerprint density at radius 1 is 1.33 bits per heavy atom. The van der Waals surface area contributed by atoms with Crippen molar-refractivity contribution in [1.29, 1.82) is 0 Å². The van der Waals surface area contributed by atoms with Gasteiger partial charge < -0.3 is 15.2 Å². The Hall–Kier alpha value is -1.85. The zero-order chi connectivity index (χ0) is 11.7. The molecule has 15 heavy (non-hydrogen) atoms. The minimum Gasteiger partial charge on any atom is -0.478 e. The Morgan fingerprint density at radius 2 is 2.00 bits per heavy atom. The lowest BCUT2D eigenvalue weighted by Crippen LogP contribution is -2.24. The van der Waals surface area contributed by atoms with Gasteiger partial charge in [0.15, 0.2) is 0 Å². The van der Waals surface area contributed by atoms with Crippen LogP contribution in [0.15, 0.2) is 12.2 Å². The second-order valence-corrected chi connectivity index (χ2v) is 2.52. The molecule has 84 valence electrons. The summed E-state index contributed by atoms with van der Waals surface area (Å²) in [6, 6.07) is 0. The van der Waals surface area contributed by atoms with Crippen molar-refractivity contribution in [3.63, 3.8) is 0 Å². The van der Waals surface area contributed by atoms with E-state index in [2.05, 4.69) is 10.1 Å². The molecule has 0 aromatic carbocycles. The third kappa shape index (κ3) is 8.48. The van der Waals surface area contributed by atoms with Crippen LogP contribution in [0.4, 0.5) is 0 Å². The van der Waals surface area contributed by atoms with Crippen LogP contribution in [-0.4, -0.2) is 36.1 Å². The molecule has 0 bridgehead atoms. The number of ether oxygens (including phenoxy) is 1. The van der Waals surface area contributed by atoms with Crippen LogP contribution in [-0.2, 0) is 19.1 Å². The van der Waals surface area contributed by atoms with Crippen molar-refractivity contribution >= 4 is 17.8 Å². The summed E-state index contributed by atoms with van der Waals surface area (Å²) in [7, 11) is 0. The van der Waals surface area contributed by atoms with Gasteiger partial charge in [-0.25, -0.2) is 4.79 Å². The molecule has 0 aromatic heterocycles. The third-order valence-electron chi connectivity index (χ3n) is 1.31. The smallest absolute Gasteiger partial charge is 0.328 e.